The summed E-state index contributed by atoms with van der Waals surface area (Å²) in [4.78, 5) is 29.6. The number of nitrogens with zero attached hydrogens (tertiary/aromatic N) is 4. The van der Waals surface area contributed by atoms with Gasteiger partial charge in [-0.3, -0.25) is 14.3 Å². The quantitative estimate of drug-likeness (QED) is 0.340. The molecule has 2 aromatic rings. The number of halogens is 3. The molecule has 1 aromatic heterocycles. The second kappa shape index (κ2) is 11.9. The molecule has 0 bridgehead atoms. The fourth-order valence-corrected chi connectivity index (χ4v) is 3.79. The van der Waals surface area contributed by atoms with E-state index >= 15 is 0 Å². The van der Waals surface area contributed by atoms with Gasteiger partial charge in [0.05, 0.1) is 11.3 Å². The highest BCUT2D eigenvalue weighted by molar-refractivity contribution is 6.31. The van der Waals surface area contributed by atoms with Crippen LogP contribution >= 0.6 is 11.6 Å². The van der Waals surface area contributed by atoms with Crippen molar-refractivity contribution in [2.24, 2.45) is 5.73 Å². The summed E-state index contributed by atoms with van der Waals surface area (Å²) >= 11 is 6.12. The molecule has 2 heterocycles. The molecule has 194 valence electrons. The number of carbonyl (C=O) groups excluding carboxylic acids is 2. The molecule has 1 fully saturated rings. The average molecular weight is 524 g/mol. The van der Waals surface area contributed by atoms with Gasteiger partial charge < -0.3 is 30.9 Å². The molecule has 0 radical (unpaired) electrons. The van der Waals surface area contributed by atoms with E-state index in [0.29, 0.717) is 13.1 Å². The lowest BCUT2D eigenvalue weighted by molar-refractivity contribution is -0.133. The monoisotopic (exact) mass is 523 g/mol. The first-order chi connectivity index (χ1) is 17.1. The van der Waals surface area contributed by atoms with E-state index < -0.39 is 12.5 Å². The van der Waals surface area contributed by atoms with Crippen LogP contribution in [0.15, 0.2) is 48.4 Å². The number of nitrogens with two attached hydrogens (primary N) is 1. The Kier molecular flexibility index (Phi) is 8.88. The van der Waals surface area contributed by atoms with Crippen LogP contribution in [0, 0.1) is 0 Å². The van der Waals surface area contributed by atoms with Crippen molar-refractivity contribution in [3.63, 3.8) is 0 Å². The second-order valence-electron chi connectivity index (χ2n) is 8.03. The van der Waals surface area contributed by atoms with Gasteiger partial charge in [-0.15, -0.1) is 0 Å². The normalized spacial score (nSPS) is 14.9. The van der Waals surface area contributed by atoms with Crippen LogP contribution in [0.1, 0.15) is 0 Å². The summed E-state index contributed by atoms with van der Waals surface area (Å²) < 4.78 is 32.1. The molecular formula is C23H28ClF2N7O3. The Morgan fingerprint density at radius 3 is 2.61 bits per heavy atom. The molecule has 0 aliphatic carbocycles. The van der Waals surface area contributed by atoms with Crippen LogP contribution in [-0.4, -0.2) is 78.3 Å². The predicted octanol–water partition coefficient (Wildman–Crippen LogP) is 2.09. The van der Waals surface area contributed by atoms with Gasteiger partial charge in [0.25, 0.3) is 5.91 Å². The molecule has 36 heavy (non-hydrogen) atoms. The molecule has 1 aliphatic heterocycles. The summed E-state index contributed by atoms with van der Waals surface area (Å²) in [7, 11) is 3.52. The lowest BCUT2D eigenvalue weighted by atomic mass is 10.1. The van der Waals surface area contributed by atoms with Gasteiger partial charge in [0, 0.05) is 50.0 Å². The average Bonchev–Trinajstić information content (AvgIpc) is 3.22. The Morgan fingerprint density at radius 1 is 1.31 bits per heavy atom. The first-order valence-electron chi connectivity index (χ1n) is 11.0. The minimum Gasteiger partial charge on any atom is -0.434 e. The first-order valence-corrected chi connectivity index (χ1v) is 11.4. The molecule has 1 saturated heterocycles. The zero-order valence-corrected chi connectivity index (χ0v) is 20.7. The van der Waals surface area contributed by atoms with E-state index in [1.807, 2.05) is 7.05 Å². The standard InChI is InChI=1S/C23H28ClF2N7O3/c1-4-15(21(27)28-2)22(35)29-17-12-33(13-19(34)32-9-7-31(3)8-10-32)30-20(17)16-11-14(24)5-6-18(16)36-23(25)26/h4-6,11-12,23,28H,1,7-10,13,27H2,2-3H3,(H,29,35)/b21-15-. The number of nitrogens with one attached hydrogen (secondary N) is 2. The Bertz CT molecular complexity index is 1160. The van der Waals surface area contributed by atoms with Gasteiger partial charge in [0.1, 0.15) is 23.8 Å². The summed E-state index contributed by atoms with van der Waals surface area (Å²) in [6, 6.07) is 4.05. The van der Waals surface area contributed by atoms with Crippen molar-refractivity contribution in [1.82, 2.24) is 24.9 Å². The third-order valence-electron chi connectivity index (χ3n) is 5.58. The molecule has 13 heteroatoms. The van der Waals surface area contributed by atoms with Gasteiger partial charge in [-0.2, -0.15) is 13.9 Å². The molecule has 1 aromatic carbocycles. The van der Waals surface area contributed by atoms with E-state index in [9.17, 15) is 18.4 Å². The minimum absolute atomic E-state index is 0.0554. The number of amides is 2. The molecule has 0 unspecified atom stereocenters. The highest BCUT2D eigenvalue weighted by Gasteiger charge is 2.24. The molecule has 0 spiro atoms. The number of ether oxygens (including phenoxy) is 1. The van der Waals surface area contributed by atoms with Gasteiger partial charge in [0.2, 0.25) is 5.91 Å². The van der Waals surface area contributed by atoms with Crippen LogP contribution < -0.4 is 21.1 Å². The summed E-state index contributed by atoms with van der Waals surface area (Å²) in [5, 5.41) is 9.98. The van der Waals surface area contributed by atoms with Crippen LogP contribution in [-0.2, 0) is 16.1 Å². The summed E-state index contributed by atoms with van der Waals surface area (Å²) in [6.07, 6.45) is 2.71. The molecule has 0 atom stereocenters. The number of hydrogen-bond donors (Lipinski definition) is 3. The highest BCUT2D eigenvalue weighted by atomic mass is 35.5. The van der Waals surface area contributed by atoms with E-state index in [4.69, 9.17) is 17.3 Å². The van der Waals surface area contributed by atoms with Crippen molar-refractivity contribution >= 4 is 29.1 Å². The number of likely N-dealkylation sites (N-methyl/N-ethyl adjacent to an activating group) is 1. The minimum atomic E-state index is -3.10. The number of aromatic nitrogens is 2. The summed E-state index contributed by atoms with van der Waals surface area (Å²) in [5.74, 6) is -0.918. The number of piperazine rings is 1. The molecule has 0 saturated carbocycles. The number of carbonyl (C=O) groups is 2. The van der Waals surface area contributed by atoms with Crippen molar-refractivity contribution in [3.8, 4) is 17.0 Å². The zero-order valence-electron chi connectivity index (χ0n) is 19.9. The number of anilines is 1. The van der Waals surface area contributed by atoms with Crippen LogP contribution in [0.3, 0.4) is 0 Å². The van der Waals surface area contributed by atoms with Gasteiger partial charge in [-0.1, -0.05) is 24.3 Å². The predicted molar refractivity (Wildman–Crippen MR) is 132 cm³/mol. The fraction of sp³-hybridized carbons (Fsp3) is 0.348. The molecule has 3 rings (SSSR count). The van der Waals surface area contributed by atoms with Crippen LogP contribution in [0.5, 0.6) is 5.75 Å². The Morgan fingerprint density at radius 2 is 2.00 bits per heavy atom. The second-order valence-corrected chi connectivity index (χ2v) is 8.46. The molecule has 10 nitrogen and oxygen atoms in total. The Hall–Kier alpha value is -3.64. The lowest BCUT2D eigenvalue weighted by Crippen LogP contribution is -2.48. The molecular weight excluding hydrogens is 496 g/mol. The van der Waals surface area contributed by atoms with Crippen LogP contribution in [0.4, 0.5) is 14.5 Å². The number of benzene rings is 1. The third-order valence-corrected chi connectivity index (χ3v) is 5.82. The Labute approximate surface area is 212 Å². The van der Waals surface area contributed by atoms with Crippen molar-refractivity contribution in [2.75, 3.05) is 45.6 Å². The van der Waals surface area contributed by atoms with E-state index in [1.165, 1.54) is 35.2 Å². The topological polar surface area (TPSA) is 118 Å². The maximum Gasteiger partial charge on any atom is 0.387 e. The van der Waals surface area contributed by atoms with Gasteiger partial charge in [-0.05, 0) is 25.2 Å². The van der Waals surface area contributed by atoms with Crippen molar-refractivity contribution in [3.05, 3.63) is 53.5 Å². The Balaban J connectivity index is 2.01. The SMILES string of the molecule is C=C/C(C(=O)Nc1cn(CC(=O)N2CCN(C)CC2)nc1-c1cc(Cl)ccc1OC(F)F)=C(\N)NC. The van der Waals surface area contributed by atoms with E-state index in [1.54, 1.807) is 11.9 Å². The smallest absolute Gasteiger partial charge is 0.387 e. The maximum atomic E-state index is 13.1. The van der Waals surface area contributed by atoms with E-state index in [-0.39, 0.29) is 51.6 Å². The summed E-state index contributed by atoms with van der Waals surface area (Å²) in [6.45, 7) is 3.02. The largest absolute Gasteiger partial charge is 0.434 e. The van der Waals surface area contributed by atoms with Gasteiger partial charge in [0.15, 0.2) is 0 Å². The lowest BCUT2D eigenvalue weighted by Gasteiger charge is -2.32. The van der Waals surface area contributed by atoms with Crippen LogP contribution in [0.25, 0.3) is 11.3 Å². The van der Waals surface area contributed by atoms with Crippen LogP contribution in [0.2, 0.25) is 5.02 Å². The fourth-order valence-electron chi connectivity index (χ4n) is 3.62. The van der Waals surface area contributed by atoms with Gasteiger partial charge >= 0.3 is 6.61 Å². The van der Waals surface area contributed by atoms with E-state index in [0.717, 1.165) is 13.1 Å². The third kappa shape index (κ3) is 6.52. The first kappa shape index (κ1) is 27.0. The summed E-state index contributed by atoms with van der Waals surface area (Å²) in [5.41, 5.74) is 6.21. The highest BCUT2D eigenvalue weighted by Crippen LogP contribution is 2.37. The van der Waals surface area contributed by atoms with Crippen molar-refractivity contribution < 1.29 is 23.1 Å². The molecule has 4 N–H and O–H groups in total. The van der Waals surface area contributed by atoms with Crippen molar-refractivity contribution in [1.29, 1.82) is 0 Å². The molecule has 1 aliphatic rings. The van der Waals surface area contributed by atoms with Gasteiger partial charge in [-0.25, -0.2) is 0 Å². The number of hydrogen-bond acceptors (Lipinski definition) is 7. The number of rotatable bonds is 9. The zero-order chi connectivity index (χ0) is 26.4. The van der Waals surface area contributed by atoms with Crippen molar-refractivity contribution in [2.45, 2.75) is 13.2 Å². The molecule has 2 amide bonds. The van der Waals surface area contributed by atoms with E-state index in [2.05, 4.69) is 31.9 Å². The maximum absolute atomic E-state index is 13.1. The number of alkyl halides is 2.